The van der Waals surface area contributed by atoms with Gasteiger partial charge in [0, 0.05) is 60.6 Å². The van der Waals surface area contributed by atoms with E-state index in [1.165, 1.54) is 11.3 Å². The van der Waals surface area contributed by atoms with Crippen LogP contribution in [0.2, 0.25) is 5.02 Å². The van der Waals surface area contributed by atoms with Crippen LogP contribution in [-0.4, -0.2) is 56.1 Å². The lowest BCUT2D eigenvalue weighted by Gasteiger charge is -2.38. The molecule has 1 aromatic carbocycles. The second-order valence-electron chi connectivity index (χ2n) is 8.20. The Hall–Kier alpha value is -2.16. The molecule has 0 radical (unpaired) electrons. The maximum atomic E-state index is 12.9. The van der Waals surface area contributed by atoms with E-state index in [0.29, 0.717) is 10.4 Å². The number of sulfone groups is 1. The third-order valence-corrected chi connectivity index (χ3v) is 9.66. The molecule has 0 spiro atoms. The van der Waals surface area contributed by atoms with Crippen molar-refractivity contribution in [2.24, 2.45) is 0 Å². The molecule has 9 heteroatoms. The van der Waals surface area contributed by atoms with Crippen LogP contribution in [0.25, 0.3) is 10.8 Å². The Kier molecular flexibility index (Phi) is 6.74. The van der Waals surface area contributed by atoms with E-state index in [9.17, 15) is 13.2 Å². The van der Waals surface area contributed by atoms with Crippen molar-refractivity contribution < 1.29 is 13.2 Å². The van der Waals surface area contributed by atoms with E-state index in [-0.39, 0.29) is 28.3 Å². The fourth-order valence-electron chi connectivity index (χ4n) is 4.16. The molecule has 2 aromatic heterocycles. The summed E-state index contributed by atoms with van der Waals surface area (Å²) in [6.45, 7) is 3.68. The van der Waals surface area contributed by atoms with Crippen LogP contribution in [0.3, 0.4) is 0 Å². The molecule has 1 fully saturated rings. The standard InChI is InChI=1S/C23H26ClN3O3S2/c1-16-13-20(5-9-25-16)27-10-6-19(7-11-27)26(2)22(28)8-12-32(29,30)23-21-14-18(24)4-3-17(21)15-31-23/h3-5,9,13-15,19H,6-8,10-12H2,1-2H3. The molecule has 0 unspecified atom stereocenters. The molecule has 0 aliphatic carbocycles. The second-order valence-corrected chi connectivity index (χ2v) is 11.8. The van der Waals surface area contributed by atoms with Gasteiger partial charge in [0.1, 0.15) is 4.21 Å². The molecule has 170 valence electrons. The molecule has 1 aliphatic heterocycles. The molecular weight excluding hydrogens is 466 g/mol. The minimum absolute atomic E-state index is 0.0252. The molecule has 1 aliphatic rings. The maximum absolute atomic E-state index is 12.9. The largest absolute Gasteiger partial charge is 0.371 e. The zero-order valence-electron chi connectivity index (χ0n) is 18.1. The van der Waals surface area contributed by atoms with Gasteiger partial charge in [0.05, 0.1) is 5.75 Å². The Balaban J connectivity index is 1.35. The zero-order valence-corrected chi connectivity index (χ0v) is 20.5. The van der Waals surface area contributed by atoms with Gasteiger partial charge in [-0.05, 0) is 54.8 Å². The maximum Gasteiger partial charge on any atom is 0.223 e. The van der Waals surface area contributed by atoms with Gasteiger partial charge in [-0.2, -0.15) is 0 Å². The first kappa shape index (κ1) is 23.0. The van der Waals surface area contributed by atoms with E-state index >= 15 is 0 Å². The van der Waals surface area contributed by atoms with E-state index in [0.717, 1.165) is 42.7 Å². The second kappa shape index (κ2) is 9.37. The number of rotatable bonds is 6. The van der Waals surface area contributed by atoms with Gasteiger partial charge < -0.3 is 9.80 Å². The normalized spacial score (nSPS) is 15.3. The Labute approximate surface area is 197 Å². The molecule has 3 heterocycles. The third kappa shape index (κ3) is 4.92. The Morgan fingerprint density at radius 1 is 1.25 bits per heavy atom. The van der Waals surface area contributed by atoms with E-state index in [1.54, 1.807) is 24.1 Å². The number of carbonyl (C=O) groups is 1. The zero-order chi connectivity index (χ0) is 22.9. The summed E-state index contributed by atoms with van der Waals surface area (Å²) in [5, 5.41) is 3.78. The molecule has 0 atom stereocenters. The van der Waals surface area contributed by atoms with Crippen molar-refractivity contribution in [1.82, 2.24) is 9.88 Å². The molecule has 0 N–H and O–H groups in total. The third-order valence-electron chi connectivity index (χ3n) is 6.05. The monoisotopic (exact) mass is 491 g/mol. The number of hydrogen-bond acceptors (Lipinski definition) is 6. The van der Waals surface area contributed by atoms with Gasteiger partial charge in [0.15, 0.2) is 9.84 Å². The molecule has 32 heavy (non-hydrogen) atoms. The van der Waals surface area contributed by atoms with Crippen molar-refractivity contribution in [1.29, 1.82) is 0 Å². The van der Waals surface area contributed by atoms with E-state index in [4.69, 9.17) is 11.6 Å². The number of hydrogen-bond donors (Lipinski definition) is 0. The van der Waals surface area contributed by atoms with Gasteiger partial charge in [-0.3, -0.25) is 9.78 Å². The van der Waals surface area contributed by atoms with Crippen molar-refractivity contribution in [2.75, 3.05) is 30.8 Å². The number of carbonyl (C=O) groups excluding carboxylic acids is 1. The van der Waals surface area contributed by atoms with Crippen LogP contribution in [-0.2, 0) is 14.6 Å². The smallest absolute Gasteiger partial charge is 0.223 e. The van der Waals surface area contributed by atoms with Gasteiger partial charge in [-0.25, -0.2) is 8.42 Å². The average Bonchev–Trinajstić information content (AvgIpc) is 3.21. The molecular formula is C23H26ClN3O3S2. The van der Waals surface area contributed by atoms with Gasteiger partial charge in [0.25, 0.3) is 0 Å². The summed E-state index contributed by atoms with van der Waals surface area (Å²) >= 11 is 7.24. The summed E-state index contributed by atoms with van der Waals surface area (Å²) in [6, 6.07) is 9.42. The Morgan fingerprint density at radius 2 is 2.00 bits per heavy atom. The highest BCUT2D eigenvalue weighted by molar-refractivity contribution is 7.93. The average molecular weight is 492 g/mol. The first-order valence-electron chi connectivity index (χ1n) is 10.6. The highest BCUT2D eigenvalue weighted by atomic mass is 35.5. The lowest BCUT2D eigenvalue weighted by Crippen LogP contribution is -2.46. The predicted octanol–water partition coefficient (Wildman–Crippen LogP) is 4.55. The Morgan fingerprint density at radius 3 is 2.72 bits per heavy atom. The summed E-state index contributed by atoms with van der Waals surface area (Å²) < 4.78 is 26.2. The highest BCUT2D eigenvalue weighted by Gasteiger charge is 2.27. The number of amides is 1. The number of aryl methyl sites for hydroxylation is 1. The van der Waals surface area contributed by atoms with Crippen molar-refractivity contribution in [2.45, 2.75) is 36.4 Å². The first-order chi connectivity index (χ1) is 15.2. The van der Waals surface area contributed by atoms with Crippen molar-refractivity contribution >= 4 is 55.1 Å². The number of pyridine rings is 1. The van der Waals surface area contributed by atoms with Crippen LogP contribution in [0, 0.1) is 6.92 Å². The SMILES string of the molecule is Cc1cc(N2CCC(N(C)C(=O)CCS(=O)(=O)c3scc4ccc(Cl)cc34)CC2)ccn1. The predicted molar refractivity (Wildman–Crippen MR) is 130 cm³/mol. The van der Waals surface area contributed by atoms with Crippen LogP contribution < -0.4 is 4.90 Å². The quantitative estimate of drug-likeness (QED) is 0.506. The number of halogens is 1. The van der Waals surface area contributed by atoms with Crippen LogP contribution in [0.4, 0.5) is 5.69 Å². The number of fused-ring (bicyclic) bond motifs is 1. The molecule has 6 nitrogen and oxygen atoms in total. The summed E-state index contributed by atoms with van der Waals surface area (Å²) in [4.78, 5) is 21.1. The molecule has 1 amide bonds. The summed E-state index contributed by atoms with van der Waals surface area (Å²) in [7, 11) is -1.79. The minimum atomic E-state index is -3.57. The van der Waals surface area contributed by atoms with E-state index in [1.807, 2.05) is 30.6 Å². The fourth-order valence-corrected chi connectivity index (χ4v) is 7.20. The van der Waals surface area contributed by atoms with Crippen LogP contribution in [0.15, 0.2) is 46.1 Å². The summed E-state index contributed by atoms with van der Waals surface area (Å²) in [5.41, 5.74) is 2.14. The topological polar surface area (TPSA) is 70.6 Å². The number of piperidine rings is 1. The lowest BCUT2D eigenvalue weighted by atomic mass is 10.0. The van der Waals surface area contributed by atoms with Crippen LogP contribution in [0.5, 0.6) is 0 Å². The lowest BCUT2D eigenvalue weighted by molar-refractivity contribution is -0.131. The van der Waals surface area contributed by atoms with E-state index < -0.39 is 9.84 Å². The summed E-state index contributed by atoms with van der Waals surface area (Å²) in [5.74, 6) is -0.335. The van der Waals surface area contributed by atoms with Crippen LogP contribution >= 0.6 is 22.9 Å². The minimum Gasteiger partial charge on any atom is -0.371 e. The van der Waals surface area contributed by atoms with Gasteiger partial charge in [-0.1, -0.05) is 17.7 Å². The molecule has 0 bridgehead atoms. The number of benzene rings is 1. The molecule has 1 saturated heterocycles. The van der Waals surface area contributed by atoms with Crippen molar-refractivity contribution in [3.8, 4) is 0 Å². The van der Waals surface area contributed by atoms with Crippen molar-refractivity contribution in [3.05, 3.63) is 52.6 Å². The van der Waals surface area contributed by atoms with Gasteiger partial charge >= 0.3 is 0 Å². The number of thiophene rings is 1. The highest BCUT2D eigenvalue weighted by Crippen LogP contribution is 2.33. The number of nitrogens with zero attached hydrogens (tertiary/aromatic N) is 3. The summed E-state index contributed by atoms with van der Waals surface area (Å²) in [6.07, 6.45) is 3.50. The first-order valence-corrected chi connectivity index (χ1v) is 13.5. The fraction of sp³-hybridized carbons (Fsp3) is 0.391. The molecule has 0 saturated carbocycles. The number of aromatic nitrogens is 1. The molecule has 3 aromatic rings. The van der Waals surface area contributed by atoms with Gasteiger partial charge in [-0.15, -0.1) is 11.3 Å². The van der Waals surface area contributed by atoms with Crippen molar-refractivity contribution in [3.63, 3.8) is 0 Å². The van der Waals surface area contributed by atoms with Crippen LogP contribution in [0.1, 0.15) is 25.0 Å². The van der Waals surface area contributed by atoms with E-state index in [2.05, 4.69) is 16.0 Å². The van der Waals surface area contributed by atoms with Gasteiger partial charge in [0.2, 0.25) is 5.91 Å². The molecule has 4 rings (SSSR count). The Bertz CT molecular complexity index is 1230. The number of anilines is 1.